The van der Waals surface area contributed by atoms with Gasteiger partial charge in [0.15, 0.2) is 0 Å². The molecule has 1 atom stereocenters. The maximum Gasteiger partial charge on any atom is 0.138 e. The van der Waals surface area contributed by atoms with Crippen molar-refractivity contribution in [2.75, 3.05) is 13.1 Å². The molecule has 0 aromatic carbocycles. The zero-order valence-corrected chi connectivity index (χ0v) is 6.27. The average Bonchev–Trinajstić information content (AvgIpc) is 2.58. The molecule has 0 spiro atoms. The number of piperidine rings is 1. The van der Waals surface area contributed by atoms with Crippen LogP contribution in [0.15, 0.2) is 6.33 Å². The van der Waals surface area contributed by atoms with Gasteiger partial charge in [0.05, 0.1) is 6.04 Å². The molecular weight excluding hydrogens is 142 g/mol. The predicted molar refractivity (Wildman–Crippen MR) is 39.0 cm³/mol. The van der Waals surface area contributed by atoms with Crippen molar-refractivity contribution in [3.8, 4) is 0 Å². The van der Waals surface area contributed by atoms with Crippen LogP contribution in [-0.2, 0) is 0 Å². The molecule has 1 saturated heterocycles. The van der Waals surface area contributed by atoms with Gasteiger partial charge in [-0.2, -0.15) is 0 Å². The highest BCUT2D eigenvalue weighted by Crippen LogP contribution is 2.13. The van der Waals surface area contributed by atoms with Crippen LogP contribution in [-0.4, -0.2) is 33.3 Å². The highest BCUT2D eigenvalue weighted by Gasteiger charge is 2.14. The van der Waals surface area contributed by atoms with Crippen molar-refractivity contribution in [2.45, 2.75) is 18.9 Å². The monoisotopic (exact) mass is 153 g/mol. The minimum Gasteiger partial charge on any atom is -0.315 e. The van der Waals surface area contributed by atoms with Gasteiger partial charge in [-0.3, -0.25) is 0 Å². The maximum atomic E-state index is 3.86. The van der Waals surface area contributed by atoms with E-state index in [-0.39, 0.29) is 0 Å². The van der Waals surface area contributed by atoms with E-state index in [1.165, 1.54) is 12.8 Å². The summed E-state index contributed by atoms with van der Waals surface area (Å²) in [5.74, 6) is 0. The molecule has 1 unspecified atom stereocenters. The summed E-state index contributed by atoms with van der Waals surface area (Å²) in [6.45, 7) is 2.11. The molecule has 1 aromatic heterocycles. The fourth-order valence-corrected chi connectivity index (χ4v) is 1.39. The van der Waals surface area contributed by atoms with Gasteiger partial charge in [0.25, 0.3) is 0 Å². The van der Waals surface area contributed by atoms with Crippen molar-refractivity contribution in [1.82, 2.24) is 25.5 Å². The molecule has 1 fully saturated rings. The summed E-state index contributed by atoms with van der Waals surface area (Å²) in [4.78, 5) is 0. The third kappa shape index (κ3) is 1.37. The summed E-state index contributed by atoms with van der Waals surface area (Å²) in [6, 6.07) is 0.457. The molecule has 0 bridgehead atoms. The third-order valence-electron chi connectivity index (χ3n) is 2.01. The van der Waals surface area contributed by atoms with E-state index in [0.717, 1.165) is 13.1 Å². The number of tetrazole rings is 1. The molecule has 2 heterocycles. The first-order valence-corrected chi connectivity index (χ1v) is 3.90. The van der Waals surface area contributed by atoms with Crippen LogP contribution < -0.4 is 5.32 Å². The molecule has 5 nitrogen and oxygen atoms in total. The van der Waals surface area contributed by atoms with Crippen LogP contribution >= 0.6 is 0 Å². The first-order chi connectivity index (χ1) is 5.47. The molecule has 1 N–H and O–H groups in total. The standard InChI is InChI=1S/C6H11N5/c1-2-6(4-7-3-1)11-5-8-9-10-11/h5-7H,1-4H2. The van der Waals surface area contributed by atoms with Gasteiger partial charge in [0.2, 0.25) is 0 Å². The Morgan fingerprint density at radius 3 is 3.18 bits per heavy atom. The van der Waals surface area contributed by atoms with Crippen molar-refractivity contribution in [3.05, 3.63) is 6.33 Å². The van der Waals surface area contributed by atoms with Crippen LogP contribution in [0.4, 0.5) is 0 Å². The zero-order valence-electron chi connectivity index (χ0n) is 6.27. The fraction of sp³-hybridized carbons (Fsp3) is 0.833. The lowest BCUT2D eigenvalue weighted by Gasteiger charge is -2.21. The van der Waals surface area contributed by atoms with Gasteiger partial charge in [0.1, 0.15) is 6.33 Å². The smallest absolute Gasteiger partial charge is 0.138 e. The lowest BCUT2D eigenvalue weighted by molar-refractivity contribution is 0.341. The first-order valence-electron chi connectivity index (χ1n) is 3.90. The number of rotatable bonds is 1. The van der Waals surface area contributed by atoms with Crippen LogP contribution in [0.25, 0.3) is 0 Å². The summed E-state index contributed by atoms with van der Waals surface area (Å²) in [7, 11) is 0. The van der Waals surface area contributed by atoms with Crippen molar-refractivity contribution in [3.63, 3.8) is 0 Å². The molecule has 0 radical (unpaired) electrons. The zero-order chi connectivity index (χ0) is 7.52. The van der Waals surface area contributed by atoms with E-state index in [1.54, 1.807) is 6.33 Å². The topological polar surface area (TPSA) is 55.6 Å². The van der Waals surface area contributed by atoms with Crippen LogP contribution in [0.5, 0.6) is 0 Å². The Morgan fingerprint density at radius 1 is 1.55 bits per heavy atom. The van der Waals surface area contributed by atoms with Gasteiger partial charge in [-0.25, -0.2) is 4.68 Å². The Hall–Kier alpha value is -0.970. The second-order valence-corrected chi connectivity index (χ2v) is 2.79. The number of hydrogen-bond donors (Lipinski definition) is 1. The summed E-state index contributed by atoms with van der Waals surface area (Å²) in [5.41, 5.74) is 0. The normalized spacial score (nSPS) is 25.3. The Bertz CT molecular complexity index is 201. The van der Waals surface area contributed by atoms with E-state index >= 15 is 0 Å². The molecule has 0 aliphatic carbocycles. The van der Waals surface area contributed by atoms with Crippen LogP contribution in [0.2, 0.25) is 0 Å². The van der Waals surface area contributed by atoms with E-state index in [0.29, 0.717) is 6.04 Å². The Labute approximate surface area is 64.8 Å². The largest absolute Gasteiger partial charge is 0.315 e. The summed E-state index contributed by atoms with van der Waals surface area (Å²) in [6.07, 6.45) is 4.07. The molecule has 60 valence electrons. The van der Waals surface area contributed by atoms with E-state index in [9.17, 15) is 0 Å². The second kappa shape index (κ2) is 2.96. The summed E-state index contributed by atoms with van der Waals surface area (Å²) in [5, 5.41) is 14.4. The molecule has 0 saturated carbocycles. The number of hydrogen-bond acceptors (Lipinski definition) is 4. The Morgan fingerprint density at radius 2 is 2.55 bits per heavy atom. The quantitative estimate of drug-likeness (QED) is 0.596. The maximum absolute atomic E-state index is 3.86. The molecular formula is C6H11N5. The lowest BCUT2D eigenvalue weighted by atomic mass is 10.1. The SMILES string of the molecule is c1nnnn1C1CCCNC1. The van der Waals surface area contributed by atoms with Gasteiger partial charge in [-0.15, -0.1) is 5.10 Å². The van der Waals surface area contributed by atoms with Crippen LogP contribution in [0.1, 0.15) is 18.9 Å². The molecule has 1 aromatic rings. The molecule has 11 heavy (non-hydrogen) atoms. The highest BCUT2D eigenvalue weighted by atomic mass is 15.5. The van der Waals surface area contributed by atoms with Crippen molar-refractivity contribution >= 4 is 0 Å². The predicted octanol–water partition coefficient (Wildman–Crippen LogP) is -0.402. The average molecular weight is 153 g/mol. The summed E-state index contributed by atoms with van der Waals surface area (Å²) < 4.78 is 1.83. The molecule has 0 amide bonds. The first kappa shape index (κ1) is 6.72. The van der Waals surface area contributed by atoms with Crippen molar-refractivity contribution in [1.29, 1.82) is 0 Å². The molecule has 5 heteroatoms. The third-order valence-corrected chi connectivity index (χ3v) is 2.01. The molecule has 2 rings (SSSR count). The fourth-order valence-electron chi connectivity index (χ4n) is 1.39. The number of nitrogens with zero attached hydrogens (tertiary/aromatic N) is 4. The second-order valence-electron chi connectivity index (χ2n) is 2.79. The van der Waals surface area contributed by atoms with Gasteiger partial charge in [-0.05, 0) is 29.8 Å². The number of nitrogens with one attached hydrogen (secondary N) is 1. The van der Waals surface area contributed by atoms with Crippen molar-refractivity contribution < 1.29 is 0 Å². The van der Waals surface area contributed by atoms with Crippen molar-refractivity contribution in [2.24, 2.45) is 0 Å². The number of aromatic nitrogens is 4. The minimum absolute atomic E-state index is 0.457. The van der Waals surface area contributed by atoms with E-state index in [4.69, 9.17) is 0 Å². The molecule has 1 aliphatic heterocycles. The Kier molecular flexibility index (Phi) is 1.81. The van der Waals surface area contributed by atoms with Gasteiger partial charge >= 0.3 is 0 Å². The summed E-state index contributed by atoms with van der Waals surface area (Å²) >= 11 is 0. The van der Waals surface area contributed by atoms with Crippen LogP contribution in [0, 0.1) is 0 Å². The van der Waals surface area contributed by atoms with E-state index in [2.05, 4.69) is 20.8 Å². The van der Waals surface area contributed by atoms with E-state index < -0.39 is 0 Å². The van der Waals surface area contributed by atoms with Gasteiger partial charge in [0, 0.05) is 6.54 Å². The highest BCUT2D eigenvalue weighted by molar-refractivity contribution is 4.72. The van der Waals surface area contributed by atoms with E-state index in [1.807, 2.05) is 4.68 Å². The molecule has 1 aliphatic rings. The van der Waals surface area contributed by atoms with Gasteiger partial charge in [-0.1, -0.05) is 0 Å². The van der Waals surface area contributed by atoms with Crippen LogP contribution in [0.3, 0.4) is 0 Å². The lowest BCUT2D eigenvalue weighted by Crippen LogP contribution is -2.31. The minimum atomic E-state index is 0.457. The van der Waals surface area contributed by atoms with Gasteiger partial charge < -0.3 is 5.32 Å². The Balaban J connectivity index is 2.04.